The number of benzene rings is 1. The topological polar surface area (TPSA) is 62.6 Å². The molecule has 1 heterocycles. The van der Waals surface area contributed by atoms with Gasteiger partial charge in [0.2, 0.25) is 5.91 Å². The van der Waals surface area contributed by atoms with Gasteiger partial charge in [-0.05, 0) is 25.1 Å². The number of hydrogen-bond acceptors (Lipinski definition) is 3. The molecule has 0 fully saturated rings. The molecule has 0 bridgehead atoms. The van der Waals surface area contributed by atoms with Crippen LogP contribution in [0.3, 0.4) is 0 Å². The first-order valence-electron chi connectivity index (χ1n) is 6.95. The fraction of sp³-hybridized carbons (Fsp3) is 0.250. The number of carbonyl (C=O) groups excluding carboxylic acids is 2. The van der Waals surface area contributed by atoms with Gasteiger partial charge in [0.15, 0.2) is 0 Å². The number of furan rings is 1. The van der Waals surface area contributed by atoms with Crippen LogP contribution in [0.25, 0.3) is 0 Å². The molecule has 0 saturated heterocycles. The molecule has 0 atom stereocenters. The zero-order chi connectivity index (χ0) is 17.9. The SMILES string of the molecule is Cc1occc1C(=O)N(C)CC(=O)Nc1ccccc1C(F)(F)F. The zero-order valence-electron chi connectivity index (χ0n) is 13.0. The number of nitrogens with zero attached hydrogens (tertiary/aromatic N) is 1. The summed E-state index contributed by atoms with van der Waals surface area (Å²) >= 11 is 0. The van der Waals surface area contributed by atoms with Crippen molar-refractivity contribution in [1.29, 1.82) is 0 Å². The van der Waals surface area contributed by atoms with Crippen LogP contribution in [-0.2, 0) is 11.0 Å². The van der Waals surface area contributed by atoms with Crippen molar-refractivity contribution in [2.45, 2.75) is 13.1 Å². The van der Waals surface area contributed by atoms with Crippen LogP contribution in [0, 0.1) is 6.92 Å². The average molecular weight is 340 g/mol. The summed E-state index contributed by atoms with van der Waals surface area (Å²) in [5.41, 5.74) is -1.01. The van der Waals surface area contributed by atoms with E-state index in [0.717, 1.165) is 17.0 Å². The molecular formula is C16H15F3N2O3. The molecule has 0 aliphatic heterocycles. The van der Waals surface area contributed by atoms with Crippen LogP contribution in [0.5, 0.6) is 0 Å². The third-order valence-corrected chi connectivity index (χ3v) is 3.32. The van der Waals surface area contributed by atoms with Crippen LogP contribution in [0.4, 0.5) is 18.9 Å². The molecule has 0 unspecified atom stereocenters. The van der Waals surface area contributed by atoms with Crippen molar-refractivity contribution in [3.8, 4) is 0 Å². The molecule has 8 heteroatoms. The summed E-state index contributed by atoms with van der Waals surface area (Å²) in [7, 11) is 1.38. The number of para-hydroxylation sites is 1. The number of halogens is 3. The largest absolute Gasteiger partial charge is 0.469 e. The maximum atomic E-state index is 12.9. The normalized spacial score (nSPS) is 11.2. The molecule has 128 valence electrons. The fourth-order valence-corrected chi connectivity index (χ4v) is 2.13. The second-order valence-corrected chi connectivity index (χ2v) is 5.14. The van der Waals surface area contributed by atoms with E-state index in [9.17, 15) is 22.8 Å². The summed E-state index contributed by atoms with van der Waals surface area (Å²) in [6, 6.07) is 6.11. The van der Waals surface area contributed by atoms with E-state index in [0.29, 0.717) is 11.3 Å². The number of alkyl halides is 3. The smallest absolute Gasteiger partial charge is 0.418 e. The number of aryl methyl sites for hydroxylation is 1. The molecule has 2 aromatic rings. The van der Waals surface area contributed by atoms with Gasteiger partial charge in [-0.1, -0.05) is 12.1 Å². The lowest BCUT2D eigenvalue weighted by Crippen LogP contribution is -2.35. The highest BCUT2D eigenvalue weighted by Gasteiger charge is 2.33. The lowest BCUT2D eigenvalue weighted by molar-refractivity contribution is -0.137. The molecule has 0 saturated carbocycles. The fourth-order valence-electron chi connectivity index (χ4n) is 2.13. The van der Waals surface area contributed by atoms with Crippen LogP contribution in [0.1, 0.15) is 21.7 Å². The number of hydrogen-bond donors (Lipinski definition) is 1. The Morgan fingerprint density at radius 2 is 1.88 bits per heavy atom. The summed E-state index contributed by atoms with van der Waals surface area (Å²) in [5.74, 6) is -0.793. The average Bonchev–Trinajstić information content (AvgIpc) is 2.91. The van der Waals surface area contributed by atoms with Crippen LogP contribution in [-0.4, -0.2) is 30.3 Å². The number of anilines is 1. The molecule has 1 aromatic carbocycles. The molecule has 0 spiro atoms. The van der Waals surface area contributed by atoms with Gasteiger partial charge in [-0.25, -0.2) is 0 Å². The second-order valence-electron chi connectivity index (χ2n) is 5.14. The molecule has 5 nitrogen and oxygen atoms in total. The van der Waals surface area contributed by atoms with Crippen LogP contribution < -0.4 is 5.32 Å². The first-order chi connectivity index (χ1) is 11.2. The quantitative estimate of drug-likeness (QED) is 0.929. The van der Waals surface area contributed by atoms with E-state index in [1.165, 1.54) is 31.5 Å². The Balaban J connectivity index is 2.07. The van der Waals surface area contributed by atoms with Crippen molar-refractivity contribution in [2.75, 3.05) is 18.9 Å². The molecule has 24 heavy (non-hydrogen) atoms. The van der Waals surface area contributed by atoms with E-state index in [4.69, 9.17) is 4.42 Å². The Labute approximate surface area is 136 Å². The van der Waals surface area contributed by atoms with Gasteiger partial charge in [-0.3, -0.25) is 9.59 Å². The zero-order valence-corrected chi connectivity index (χ0v) is 13.0. The summed E-state index contributed by atoms with van der Waals surface area (Å²) < 4.78 is 43.7. The minimum atomic E-state index is -4.58. The van der Waals surface area contributed by atoms with Crippen molar-refractivity contribution in [3.63, 3.8) is 0 Å². The van der Waals surface area contributed by atoms with E-state index in [1.54, 1.807) is 6.92 Å². The highest BCUT2D eigenvalue weighted by molar-refractivity contribution is 5.99. The maximum absolute atomic E-state index is 12.9. The highest BCUT2D eigenvalue weighted by Crippen LogP contribution is 2.34. The van der Waals surface area contributed by atoms with Crippen LogP contribution >= 0.6 is 0 Å². The van der Waals surface area contributed by atoms with Gasteiger partial charge in [0.05, 0.1) is 29.6 Å². The monoisotopic (exact) mass is 340 g/mol. The Bertz CT molecular complexity index is 753. The van der Waals surface area contributed by atoms with Gasteiger partial charge >= 0.3 is 6.18 Å². The first-order valence-corrected chi connectivity index (χ1v) is 6.95. The van der Waals surface area contributed by atoms with Crippen molar-refractivity contribution in [3.05, 3.63) is 53.5 Å². The van der Waals surface area contributed by atoms with Gasteiger partial charge in [0, 0.05) is 7.05 Å². The Morgan fingerprint density at radius 3 is 2.46 bits per heavy atom. The predicted octanol–water partition coefficient (Wildman–Crippen LogP) is 3.32. The van der Waals surface area contributed by atoms with Crippen molar-refractivity contribution < 1.29 is 27.2 Å². The molecule has 1 N–H and O–H groups in total. The van der Waals surface area contributed by atoms with Crippen molar-refractivity contribution in [1.82, 2.24) is 4.90 Å². The van der Waals surface area contributed by atoms with Crippen LogP contribution in [0.2, 0.25) is 0 Å². The lowest BCUT2D eigenvalue weighted by Gasteiger charge is -2.18. The van der Waals surface area contributed by atoms with Gasteiger partial charge < -0.3 is 14.6 Å². The minimum absolute atomic E-state index is 0.293. The molecule has 2 amide bonds. The third-order valence-electron chi connectivity index (χ3n) is 3.32. The summed E-state index contributed by atoms with van der Waals surface area (Å²) in [4.78, 5) is 25.2. The van der Waals surface area contributed by atoms with Crippen molar-refractivity contribution in [2.24, 2.45) is 0 Å². The predicted molar refractivity (Wildman–Crippen MR) is 80.5 cm³/mol. The number of likely N-dealkylation sites (N-methyl/N-ethyl adjacent to an activating group) is 1. The molecular weight excluding hydrogens is 325 g/mol. The van der Waals surface area contributed by atoms with Crippen LogP contribution in [0.15, 0.2) is 41.0 Å². The van der Waals surface area contributed by atoms with E-state index >= 15 is 0 Å². The minimum Gasteiger partial charge on any atom is -0.469 e. The van der Waals surface area contributed by atoms with Gasteiger partial charge in [0.1, 0.15) is 5.76 Å². The highest BCUT2D eigenvalue weighted by atomic mass is 19.4. The Morgan fingerprint density at radius 1 is 1.21 bits per heavy atom. The maximum Gasteiger partial charge on any atom is 0.418 e. The molecule has 1 aromatic heterocycles. The van der Waals surface area contributed by atoms with E-state index in [-0.39, 0.29) is 5.69 Å². The summed E-state index contributed by atoms with van der Waals surface area (Å²) in [6.07, 6.45) is -3.24. The lowest BCUT2D eigenvalue weighted by atomic mass is 10.1. The van der Waals surface area contributed by atoms with Gasteiger partial charge in [0.25, 0.3) is 5.91 Å². The van der Waals surface area contributed by atoms with E-state index < -0.39 is 30.1 Å². The third kappa shape index (κ3) is 3.95. The standard InChI is InChI=1S/C16H15F3N2O3/c1-10-11(7-8-24-10)15(23)21(2)9-14(22)20-13-6-4-3-5-12(13)16(17,18)19/h3-8H,9H2,1-2H3,(H,20,22). The Hall–Kier alpha value is -2.77. The molecule has 0 aliphatic carbocycles. The summed E-state index contributed by atoms with van der Waals surface area (Å²) in [6.45, 7) is 1.20. The first kappa shape index (κ1) is 17.6. The number of nitrogens with one attached hydrogen (secondary N) is 1. The number of carbonyl (C=O) groups is 2. The number of amides is 2. The molecule has 0 radical (unpaired) electrons. The van der Waals surface area contributed by atoms with Gasteiger partial charge in [-0.2, -0.15) is 13.2 Å². The second kappa shape index (κ2) is 6.77. The summed E-state index contributed by atoms with van der Waals surface area (Å²) in [5, 5.41) is 2.19. The van der Waals surface area contributed by atoms with Gasteiger partial charge in [-0.15, -0.1) is 0 Å². The molecule has 0 aliphatic rings. The van der Waals surface area contributed by atoms with E-state index in [1.807, 2.05) is 0 Å². The molecule has 2 rings (SSSR count). The Kier molecular flexibility index (Phi) is 4.96. The number of rotatable bonds is 4. The van der Waals surface area contributed by atoms with E-state index in [2.05, 4.69) is 5.32 Å². The van der Waals surface area contributed by atoms with Crippen molar-refractivity contribution >= 4 is 17.5 Å².